The van der Waals surface area contributed by atoms with Crippen LogP contribution in [0.1, 0.15) is 36.6 Å². The van der Waals surface area contributed by atoms with Crippen LogP contribution in [0, 0.1) is 10.1 Å². The van der Waals surface area contributed by atoms with Crippen LogP contribution in [0.3, 0.4) is 0 Å². The molecule has 0 saturated carbocycles. The molecular formula is C28H18Cl2N4O6. The molecule has 0 spiro atoms. The molecule has 10 nitrogen and oxygen atoms in total. The average molecular weight is 577 g/mol. The maximum absolute atomic E-state index is 12.7. The van der Waals surface area contributed by atoms with Gasteiger partial charge in [0.05, 0.1) is 21.7 Å². The number of nitro benzene ring substituents is 1. The van der Waals surface area contributed by atoms with Crippen LogP contribution in [0.2, 0.25) is 10.0 Å². The van der Waals surface area contributed by atoms with E-state index in [1.54, 1.807) is 42.5 Å². The molecule has 2 N–H and O–H groups in total. The third-order valence-electron chi connectivity index (χ3n) is 5.38. The Kier molecular flexibility index (Phi) is 8.85. The summed E-state index contributed by atoms with van der Waals surface area (Å²) < 4.78 is 5.32. The van der Waals surface area contributed by atoms with Crippen LogP contribution in [-0.2, 0) is 0 Å². The summed E-state index contributed by atoms with van der Waals surface area (Å²) in [4.78, 5) is 48.4. The van der Waals surface area contributed by atoms with E-state index < -0.39 is 22.5 Å². The van der Waals surface area contributed by atoms with Crippen molar-refractivity contribution in [1.82, 2.24) is 5.43 Å². The zero-order valence-electron chi connectivity index (χ0n) is 20.3. The zero-order chi connectivity index (χ0) is 28.6. The van der Waals surface area contributed by atoms with Gasteiger partial charge in [-0.2, -0.15) is 5.10 Å². The number of rotatable bonds is 8. The molecule has 4 aromatic rings. The van der Waals surface area contributed by atoms with Gasteiger partial charge in [0.2, 0.25) is 5.75 Å². The first-order chi connectivity index (χ1) is 19.2. The van der Waals surface area contributed by atoms with Crippen molar-refractivity contribution >= 4 is 58.6 Å². The molecular weight excluding hydrogens is 559 g/mol. The quantitative estimate of drug-likeness (QED) is 0.0848. The van der Waals surface area contributed by atoms with E-state index in [1.807, 2.05) is 0 Å². The predicted octanol–water partition coefficient (Wildman–Crippen LogP) is 6.14. The fraction of sp³-hybridized carbons (Fsp3) is 0. The Hall–Kier alpha value is -5.06. The van der Waals surface area contributed by atoms with Crippen LogP contribution < -0.4 is 15.5 Å². The van der Waals surface area contributed by atoms with Gasteiger partial charge in [-0.1, -0.05) is 47.5 Å². The number of hydrazone groups is 1. The molecule has 0 aliphatic rings. The number of benzene rings is 4. The van der Waals surface area contributed by atoms with Crippen LogP contribution in [0.25, 0.3) is 0 Å². The van der Waals surface area contributed by atoms with Gasteiger partial charge >= 0.3 is 11.7 Å². The number of ether oxygens (including phenoxy) is 1. The van der Waals surface area contributed by atoms with Gasteiger partial charge in [0.25, 0.3) is 11.8 Å². The van der Waals surface area contributed by atoms with Crippen molar-refractivity contribution in [3.8, 4) is 5.75 Å². The molecule has 2 amide bonds. The SMILES string of the molecule is O=C(N/N=C/c1cccc([N+](=O)[O-])c1OC(=O)c1ccc(Cl)cc1Cl)c1ccc(NC(=O)c2ccccc2)cc1. The van der Waals surface area contributed by atoms with Crippen LogP contribution >= 0.6 is 23.2 Å². The Morgan fingerprint density at radius 2 is 1.55 bits per heavy atom. The van der Waals surface area contributed by atoms with Crippen LogP contribution in [-0.4, -0.2) is 28.9 Å². The lowest BCUT2D eigenvalue weighted by Crippen LogP contribution is -2.18. The number of hydrogen-bond donors (Lipinski definition) is 2. The number of nitrogens with zero attached hydrogens (tertiary/aromatic N) is 2. The highest BCUT2D eigenvalue weighted by Crippen LogP contribution is 2.32. The van der Waals surface area contributed by atoms with Gasteiger partial charge in [0, 0.05) is 33.5 Å². The Bertz CT molecular complexity index is 1630. The fourth-order valence-corrected chi connectivity index (χ4v) is 3.91. The highest BCUT2D eigenvalue weighted by molar-refractivity contribution is 6.36. The third-order valence-corrected chi connectivity index (χ3v) is 5.93. The molecule has 0 saturated heterocycles. The van der Waals surface area contributed by atoms with Crippen molar-refractivity contribution < 1.29 is 24.0 Å². The van der Waals surface area contributed by atoms with E-state index in [0.29, 0.717) is 16.3 Å². The number of nitrogens with one attached hydrogen (secondary N) is 2. The minimum absolute atomic E-state index is 0.00390. The largest absolute Gasteiger partial charge is 0.415 e. The van der Waals surface area contributed by atoms with Gasteiger partial charge in [0.15, 0.2) is 0 Å². The number of nitro groups is 1. The second kappa shape index (κ2) is 12.7. The van der Waals surface area contributed by atoms with Crippen molar-refractivity contribution in [1.29, 1.82) is 0 Å². The number of esters is 1. The molecule has 0 aliphatic carbocycles. The molecule has 0 atom stereocenters. The molecule has 0 unspecified atom stereocenters. The first-order valence-electron chi connectivity index (χ1n) is 11.5. The monoisotopic (exact) mass is 576 g/mol. The van der Waals surface area contributed by atoms with E-state index in [9.17, 15) is 24.5 Å². The van der Waals surface area contributed by atoms with Crippen molar-refractivity contribution in [2.75, 3.05) is 5.32 Å². The lowest BCUT2D eigenvalue weighted by molar-refractivity contribution is -0.385. The minimum Gasteiger partial charge on any atom is -0.415 e. The molecule has 4 rings (SSSR count). The molecule has 12 heteroatoms. The molecule has 40 heavy (non-hydrogen) atoms. The Labute approximate surface area is 237 Å². The minimum atomic E-state index is -0.950. The van der Waals surface area contributed by atoms with Crippen molar-refractivity contribution in [3.05, 3.63) is 133 Å². The van der Waals surface area contributed by atoms with Gasteiger partial charge in [-0.25, -0.2) is 10.2 Å². The lowest BCUT2D eigenvalue weighted by atomic mass is 10.1. The zero-order valence-corrected chi connectivity index (χ0v) is 21.8. The topological polar surface area (TPSA) is 140 Å². The summed E-state index contributed by atoms with van der Waals surface area (Å²) in [6, 6.07) is 22.8. The summed E-state index contributed by atoms with van der Waals surface area (Å²) in [7, 11) is 0. The van der Waals surface area contributed by atoms with E-state index in [0.717, 1.165) is 12.3 Å². The van der Waals surface area contributed by atoms with Crippen molar-refractivity contribution in [2.24, 2.45) is 5.10 Å². The molecule has 0 bridgehead atoms. The van der Waals surface area contributed by atoms with E-state index in [2.05, 4.69) is 15.8 Å². The smallest absolute Gasteiger partial charge is 0.345 e. The molecule has 0 fully saturated rings. The maximum Gasteiger partial charge on any atom is 0.345 e. The number of carbonyl (C=O) groups excluding carboxylic acids is 3. The van der Waals surface area contributed by atoms with Crippen molar-refractivity contribution in [2.45, 2.75) is 0 Å². The van der Waals surface area contributed by atoms with Crippen LogP contribution in [0.5, 0.6) is 5.75 Å². The molecule has 4 aromatic carbocycles. The molecule has 0 heterocycles. The first-order valence-corrected chi connectivity index (χ1v) is 12.2. The average Bonchev–Trinajstić information content (AvgIpc) is 2.94. The fourth-order valence-electron chi connectivity index (χ4n) is 3.42. The Morgan fingerprint density at radius 1 is 0.850 bits per heavy atom. The summed E-state index contributed by atoms with van der Waals surface area (Å²) in [6.45, 7) is 0. The highest BCUT2D eigenvalue weighted by Gasteiger charge is 2.23. The molecule has 0 aromatic heterocycles. The highest BCUT2D eigenvalue weighted by atomic mass is 35.5. The summed E-state index contributed by atoms with van der Waals surface area (Å²) >= 11 is 11.9. The second-order valence-electron chi connectivity index (χ2n) is 8.06. The molecule has 0 aliphatic heterocycles. The maximum atomic E-state index is 12.7. The van der Waals surface area contributed by atoms with Gasteiger partial charge in [0.1, 0.15) is 0 Å². The number of para-hydroxylation sites is 1. The van der Waals surface area contributed by atoms with E-state index in [-0.39, 0.29) is 33.4 Å². The van der Waals surface area contributed by atoms with E-state index >= 15 is 0 Å². The number of hydrogen-bond acceptors (Lipinski definition) is 7. The third kappa shape index (κ3) is 6.87. The van der Waals surface area contributed by atoms with Crippen LogP contribution in [0.4, 0.5) is 11.4 Å². The number of anilines is 1. The summed E-state index contributed by atoms with van der Waals surface area (Å²) in [5.74, 6) is -2.22. The standard InChI is InChI=1S/C28H18Cl2N4O6/c29-20-11-14-22(23(30)15-20)28(37)40-25-19(7-4-8-24(25)34(38)39)16-31-33-27(36)18-9-12-21(13-10-18)32-26(35)17-5-2-1-3-6-17/h1-16H,(H,32,35)(H,33,36)/b31-16+. The van der Waals surface area contributed by atoms with Gasteiger partial charge in [-0.3, -0.25) is 19.7 Å². The summed E-state index contributed by atoms with van der Waals surface area (Å²) in [5.41, 5.74) is 3.01. The first kappa shape index (κ1) is 28.0. The van der Waals surface area contributed by atoms with Gasteiger partial charge in [-0.05, 0) is 60.7 Å². The van der Waals surface area contributed by atoms with E-state index in [1.165, 1.54) is 42.5 Å². The molecule has 0 radical (unpaired) electrons. The van der Waals surface area contributed by atoms with Crippen molar-refractivity contribution in [3.63, 3.8) is 0 Å². The van der Waals surface area contributed by atoms with Gasteiger partial charge < -0.3 is 10.1 Å². The number of carbonyl (C=O) groups is 3. The number of halogens is 2. The van der Waals surface area contributed by atoms with Gasteiger partial charge in [-0.15, -0.1) is 0 Å². The summed E-state index contributed by atoms with van der Waals surface area (Å²) in [6.07, 6.45) is 1.10. The lowest BCUT2D eigenvalue weighted by Gasteiger charge is -2.09. The Balaban J connectivity index is 1.46. The predicted molar refractivity (Wildman–Crippen MR) is 150 cm³/mol. The summed E-state index contributed by atoms with van der Waals surface area (Å²) in [5, 5.41) is 18.5. The number of amides is 2. The Morgan fingerprint density at radius 3 is 2.23 bits per heavy atom. The normalized spacial score (nSPS) is 10.7. The molecule has 200 valence electrons. The second-order valence-corrected chi connectivity index (χ2v) is 8.91. The van der Waals surface area contributed by atoms with E-state index in [4.69, 9.17) is 27.9 Å². The van der Waals surface area contributed by atoms with Crippen LogP contribution in [0.15, 0.2) is 96.1 Å².